The first-order valence-electron chi connectivity index (χ1n) is 5.76. The van der Waals surface area contributed by atoms with Crippen LogP contribution in [-0.4, -0.2) is 24.2 Å². The number of rotatable bonds is 5. The molecule has 0 atom stereocenters. The summed E-state index contributed by atoms with van der Waals surface area (Å²) in [5, 5.41) is 17.4. The first-order valence-corrected chi connectivity index (χ1v) is 5.76. The van der Waals surface area contributed by atoms with Gasteiger partial charge in [0.15, 0.2) is 0 Å². The molecule has 0 aliphatic rings. The van der Waals surface area contributed by atoms with Crippen molar-refractivity contribution in [3.8, 4) is 18.4 Å². The number of nitrogens with zero attached hydrogens (tertiary/aromatic N) is 2. The highest BCUT2D eigenvalue weighted by molar-refractivity contribution is 5.96. The van der Waals surface area contributed by atoms with E-state index in [1.165, 1.54) is 6.08 Å². The van der Waals surface area contributed by atoms with Gasteiger partial charge in [0.05, 0.1) is 6.54 Å². The van der Waals surface area contributed by atoms with Gasteiger partial charge < -0.3 is 10.0 Å². The van der Waals surface area contributed by atoms with Crippen molar-refractivity contribution < 1.29 is 9.90 Å². The van der Waals surface area contributed by atoms with Gasteiger partial charge in [-0.25, -0.2) is 4.79 Å². The number of carboxylic acid groups (broad SMARTS) is 1. The molecule has 0 aliphatic carbocycles. The summed E-state index contributed by atoms with van der Waals surface area (Å²) in [4.78, 5) is 12.7. The average Bonchev–Trinajstić information content (AvgIpc) is 2.42. The summed E-state index contributed by atoms with van der Waals surface area (Å²) in [6.45, 7) is 3.31. The maximum atomic E-state index is 10.7. The number of carbonyl (C=O) groups is 1. The summed E-state index contributed by atoms with van der Waals surface area (Å²) in [6.07, 6.45) is 6.62. The van der Waals surface area contributed by atoms with Crippen LogP contribution in [0.5, 0.6) is 0 Å². The topological polar surface area (TPSA) is 64.3 Å². The quantitative estimate of drug-likeness (QED) is 0.496. The minimum atomic E-state index is -1.23. The van der Waals surface area contributed by atoms with Crippen molar-refractivity contribution in [3.05, 3.63) is 35.4 Å². The van der Waals surface area contributed by atoms with Crippen LogP contribution < -0.4 is 4.90 Å². The number of benzene rings is 1. The summed E-state index contributed by atoms with van der Waals surface area (Å²) < 4.78 is 0. The monoisotopic (exact) mass is 254 g/mol. The van der Waals surface area contributed by atoms with E-state index in [1.54, 1.807) is 18.2 Å². The summed E-state index contributed by atoms with van der Waals surface area (Å²) in [5.74, 6) is 1.35. The highest BCUT2D eigenvalue weighted by Gasteiger charge is 2.06. The largest absolute Gasteiger partial charge is 0.477 e. The van der Waals surface area contributed by atoms with Gasteiger partial charge in [0.25, 0.3) is 0 Å². The second kappa shape index (κ2) is 6.88. The molecule has 0 unspecified atom stereocenters. The van der Waals surface area contributed by atoms with Crippen molar-refractivity contribution in [2.75, 3.05) is 18.0 Å². The van der Waals surface area contributed by atoms with E-state index in [2.05, 4.69) is 5.92 Å². The SMILES string of the molecule is C#CCN(CC)c1ccc(/C=C(\C#N)C(=O)O)cc1. The van der Waals surface area contributed by atoms with Crippen LogP contribution >= 0.6 is 0 Å². The molecule has 1 aromatic rings. The summed E-state index contributed by atoms with van der Waals surface area (Å²) in [6, 6.07) is 8.86. The zero-order valence-corrected chi connectivity index (χ0v) is 10.6. The highest BCUT2D eigenvalue weighted by atomic mass is 16.4. The molecule has 0 fully saturated rings. The van der Waals surface area contributed by atoms with Crippen LogP contribution in [0, 0.1) is 23.7 Å². The number of anilines is 1. The van der Waals surface area contributed by atoms with Crippen LogP contribution in [0.15, 0.2) is 29.8 Å². The minimum Gasteiger partial charge on any atom is -0.477 e. The van der Waals surface area contributed by atoms with E-state index in [1.807, 2.05) is 24.0 Å². The Bertz CT molecular complexity index is 559. The molecule has 96 valence electrons. The maximum Gasteiger partial charge on any atom is 0.346 e. The van der Waals surface area contributed by atoms with Crippen molar-refractivity contribution >= 4 is 17.7 Å². The Labute approximate surface area is 112 Å². The molecule has 0 amide bonds. The third-order valence-corrected chi connectivity index (χ3v) is 2.58. The highest BCUT2D eigenvalue weighted by Crippen LogP contribution is 2.16. The second-order valence-electron chi connectivity index (χ2n) is 3.78. The van der Waals surface area contributed by atoms with E-state index >= 15 is 0 Å². The van der Waals surface area contributed by atoms with Gasteiger partial charge in [-0.15, -0.1) is 6.42 Å². The van der Waals surface area contributed by atoms with Gasteiger partial charge in [-0.3, -0.25) is 0 Å². The lowest BCUT2D eigenvalue weighted by Gasteiger charge is -2.20. The number of aliphatic carboxylic acids is 1. The Kier molecular flexibility index (Phi) is 5.19. The van der Waals surface area contributed by atoms with E-state index in [9.17, 15) is 4.79 Å². The Balaban J connectivity index is 2.97. The number of hydrogen-bond acceptors (Lipinski definition) is 3. The van der Waals surface area contributed by atoms with Crippen LogP contribution in [0.4, 0.5) is 5.69 Å². The lowest BCUT2D eigenvalue weighted by Crippen LogP contribution is -2.22. The first-order chi connectivity index (χ1) is 9.12. The summed E-state index contributed by atoms with van der Waals surface area (Å²) in [7, 11) is 0. The average molecular weight is 254 g/mol. The second-order valence-corrected chi connectivity index (χ2v) is 3.78. The first kappa shape index (κ1) is 14.3. The molecule has 0 aliphatic heterocycles. The molecule has 1 rings (SSSR count). The zero-order valence-electron chi connectivity index (χ0n) is 10.6. The van der Waals surface area contributed by atoms with Gasteiger partial charge in [-0.2, -0.15) is 5.26 Å². The van der Waals surface area contributed by atoms with Gasteiger partial charge in [0, 0.05) is 12.2 Å². The van der Waals surface area contributed by atoms with E-state index in [0.717, 1.165) is 12.2 Å². The van der Waals surface area contributed by atoms with Gasteiger partial charge in [-0.1, -0.05) is 18.1 Å². The molecular formula is C15H14N2O2. The third kappa shape index (κ3) is 3.90. The van der Waals surface area contributed by atoms with Crippen LogP contribution in [0.2, 0.25) is 0 Å². The molecule has 4 heteroatoms. The molecule has 0 heterocycles. The van der Waals surface area contributed by atoms with Crippen LogP contribution in [0.3, 0.4) is 0 Å². The lowest BCUT2D eigenvalue weighted by atomic mass is 10.1. The minimum absolute atomic E-state index is 0.288. The predicted molar refractivity (Wildman–Crippen MR) is 74.4 cm³/mol. The molecular weight excluding hydrogens is 240 g/mol. The predicted octanol–water partition coefficient (Wildman–Crippen LogP) is 2.14. The van der Waals surface area contributed by atoms with Crippen molar-refractivity contribution in [2.24, 2.45) is 0 Å². The number of hydrogen-bond donors (Lipinski definition) is 1. The van der Waals surface area contributed by atoms with Gasteiger partial charge >= 0.3 is 5.97 Å². The van der Waals surface area contributed by atoms with E-state index in [4.69, 9.17) is 16.8 Å². The summed E-state index contributed by atoms with van der Waals surface area (Å²) in [5.41, 5.74) is 1.34. The van der Waals surface area contributed by atoms with Gasteiger partial charge in [-0.05, 0) is 30.7 Å². The number of nitriles is 1. The molecule has 1 N–H and O–H groups in total. The van der Waals surface area contributed by atoms with E-state index in [-0.39, 0.29) is 5.57 Å². The van der Waals surface area contributed by atoms with E-state index < -0.39 is 5.97 Å². The summed E-state index contributed by atoms with van der Waals surface area (Å²) >= 11 is 0. The van der Waals surface area contributed by atoms with Gasteiger partial charge in [0.1, 0.15) is 11.6 Å². The zero-order chi connectivity index (χ0) is 14.3. The standard InChI is InChI=1S/C15H14N2O2/c1-3-9-17(4-2)14-7-5-12(6-8-14)10-13(11-16)15(18)19/h1,5-8,10H,4,9H2,2H3,(H,18,19)/b13-10+. The Morgan fingerprint density at radius 2 is 2.11 bits per heavy atom. The molecule has 19 heavy (non-hydrogen) atoms. The Morgan fingerprint density at radius 3 is 2.53 bits per heavy atom. The van der Waals surface area contributed by atoms with Crippen LogP contribution in [-0.2, 0) is 4.79 Å². The smallest absolute Gasteiger partial charge is 0.346 e. The molecule has 0 saturated carbocycles. The van der Waals surface area contributed by atoms with Crippen molar-refractivity contribution in [1.82, 2.24) is 0 Å². The van der Waals surface area contributed by atoms with Crippen LogP contribution in [0.25, 0.3) is 6.08 Å². The molecule has 1 aromatic carbocycles. The Hall–Kier alpha value is -2.72. The molecule has 4 nitrogen and oxygen atoms in total. The number of terminal acetylenes is 1. The normalized spacial score (nSPS) is 10.4. The molecule has 0 spiro atoms. The van der Waals surface area contributed by atoms with Crippen molar-refractivity contribution in [3.63, 3.8) is 0 Å². The molecule has 0 radical (unpaired) electrons. The lowest BCUT2D eigenvalue weighted by molar-refractivity contribution is -0.132. The fraction of sp³-hybridized carbons (Fsp3) is 0.200. The maximum absolute atomic E-state index is 10.7. The molecule has 0 saturated heterocycles. The van der Waals surface area contributed by atoms with Crippen molar-refractivity contribution in [1.29, 1.82) is 5.26 Å². The third-order valence-electron chi connectivity index (χ3n) is 2.58. The van der Waals surface area contributed by atoms with Crippen molar-refractivity contribution in [2.45, 2.75) is 6.92 Å². The van der Waals surface area contributed by atoms with Crippen LogP contribution in [0.1, 0.15) is 12.5 Å². The van der Waals surface area contributed by atoms with Gasteiger partial charge in [0.2, 0.25) is 0 Å². The molecule has 0 aromatic heterocycles. The van der Waals surface area contributed by atoms with E-state index in [0.29, 0.717) is 12.1 Å². The molecule has 0 bridgehead atoms. The number of carboxylic acids is 1. The fourth-order valence-electron chi connectivity index (χ4n) is 1.59. The Morgan fingerprint density at radius 1 is 1.47 bits per heavy atom. The fourth-order valence-corrected chi connectivity index (χ4v) is 1.59.